The van der Waals surface area contributed by atoms with E-state index in [-0.39, 0.29) is 6.10 Å². The van der Waals surface area contributed by atoms with Crippen molar-refractivity contribution in [3.05, 3.63) is 28.6 Å². The third-order valence-corrected chi connectivity index (χ3v) is 2.56. The van der Waals surface area contributed by atoms with E-state index in [0.29, 0.717) is 0 Å². The monoisotopic (exact) mass is 160 g/mol. The minimum atomic E-state index is -0.112. The fourth-order valence-electron chi connectivity index (χ4n) is 1.87. The van der Waals surface area contributed by atoms with Crippen molar-refractivity contribution in [2.45, 2.75) is 32.3 Å². The minimum absolute atomic E-state index is 0.112. The molecule has 1 nitrogen and oxygen atoms in total. The quantitative estimate of drug-likeness (QED) is 0.604. The van der Waals surface area contributed by atoms with Gasteiger partial charge in [-0.1, -0.05) is 0 Å². The summed E-state index contributed by atoms with van der Waals surface area (Å²) in [4.78, 5) is 0. The second kappa shape index (κ2) is 3.02. The Morgan fingerprint density at radius 1 is 1.58 bits per heavy atom. The second-order valence-electron chi connectivity index (χ2n) is 3.67. The van der Waals surface area contributed by atoms with E-state index < -0.39 is 0 Å². The molecule has 1 heterocycles. The molecule has 1 aromatic heterocycles. The number of hydrogen-bond donors (Lipinski definition) is 1. The first-order valence-electron chi connectivity index (χ1n) is 4.52. The molecule has 0 bridgehead atoms. The van der Waals surface area contributed by atoms with Crippen LogP contribution in [0.5, 0.6) is 0 Å². The molecule has 0 aliphatic heterocycles. The van der Waals surface area contributed by atoms with E-state index in [1.165, 1.54) is 16.6 Å². The molecule has 1 aliphatic carbocycles. The van der Waals surface area contributed by atoms with Gasteiger partial charge in [0.1, 0.15) is 0 Å². The van der Waals surface area contributed by atoms with Crippen molar-refractivity contribution in [1.82, 2.24) is 0 Å². The number of fused-ring (bicyclic) bond motifs is 1. The average molecular weight is 160 g/mol. The van der Waals surface area contributed by atoms with Gasteiger partial charge in [-0.3, -0.25) is 0 Å². The molecule has 12 heavy (non-hydrogen) atoms. The Bertz CT molecular complexity index is 296. The fraction of sp³-hybridized carbons (Fsp3) is 0.500. The summed E-state index contributed by atoms with van der Waals surface area (Å²) in [5, 5.41) is 9.45. The van der Waals surface area contributed by atoms with Crippen LogP contribution in [0.1, 0.15) is 23.0 Å². The molecule has 1 N–H and O–H groups in total. The molecule has 0 saturated heterocycles. The Hall–Kier alpha value is -0.625. The number of aryl methyl sites for hydroxylation is 2. The van der Waals surface area contributed by atoms with Gasteiger partial charge in [0.15, 0.2) is 0 Å². The number of aliphatic hydroxyl groups excluding tert-OH is 1. The van der Waals surface area contributed by atoms with Crippen LogP contribution >= 0.6 is 0 Å². The van der Waals surface area contributed by atoms with Crippen LogP contribution in [0.2, 0.25) is 0 Å². The van der Waals surface area contributed by atoms with Crippen LogP contribution < -0.4 is 0 Å². The van der Waals surface area contributed by atoms with Gasteiger partial charge < -0.3 is 0 Å². The van der Waals surface area contributed by atoms with E-state index in [1.54, 1.807) is 0 Å². The summed E-state index contributed by atoms with van der Waals surface area (Å²) in [6.45, 7) is 4.29. The van der Waals surface area contributed by atoms with E-state index in [0.717, 1.165) is 19.3 Å². The van der Waals surface area contributed by atoms with Crippen LogP contribution in [0.3, 0.4) is 0 Å². The van der Waals surface area contributed by atoms with Crippen LogP contribution in [0.15, 0.2) is 12.0 Å². The molecule has 2 heteroatoms. The van der Waals surface area contributed by atoms with Crippen molar-refractivity contribution in [3.8, 4) is 0 Å². The SMILES string of the molecule is Cc1cbc2c(c1)CC(O)CC2. The topological polar surface area (TPSA) is 20.2 Å². The summed E-state index contributed by atoms with van der Waals surface area (Å²) in [5.41, 5.74) is 4.06. The molecular weight excluding hydrogens is 147 g/mol. The number of hydrogen-bond acceptors (Lipinski definition) is 1. The number of rotatable bonds is 0. The first-order valence-corrected chi connectivity index (χ1v) is 4.52. The molecule has 2 rings (SSSR count). The Kier molecular flexibility index (Phi) is 2.01. The van der Waals surface area contributed by atoms with Crippen LogP contribution in [0.4, 0.5) is 0 Å². The van der Waals surface area contributed by atoms with Gasteiger partial charge in [0.2, 0.25) is 0 Å². The van der Waals surface area contributed by atoms with Gasteiger partial charge in [-0.2, -0.15) is 0 Å². The molecule has 0 fully saturated rings. The summed E-state index contributed by atoms with van der Waals surface area (Å²) in [6, 6.07) is 2.19. The maximum atomic E-state index is 9.45. The molecular formula is C10H13BO. The predicted octanol–water partition coefficient (Wildman–Crippen LogP) is 1.18. The summed E-state index contributed by atoms with van der Waals surface area (Å²) < 4.78 is 0. The zero-order valence-corrected chi connectivity index (χ0v) is 7.38. The van der Waals surface area contributed by atoms with Gasteiger partial charge in [-0.05, 0) is 0 Å². The van der Waals surface area contributed by atoms with Crippen LogP contribution in [-0.4, -0.2) is 18.1 Å². The fourth-order valence-corrected chi connectivity index (χ4v) is 1.87. The van der Waals surface area contributed by atoms with E-state index >= 15 is 0 Å². The third-order valence-electron chi connectivity index (χ3n) is 2.56. The first-order chi connectivity index (χ1) is 5.75. The molecule has 1 atom stereocenters. The maximum absolute atomic E-state index is 9.45. The van der Waals surface area contributed by atoms with Gasteiger partial charge >= 0.3 is 72.9 Å². The standard InChI is InChI=1S/C10H13BO/c1-7-4-8-5-9(12)2-3-10(8)11-6-7/h4,6,9,12H,2-3,5H2,1H3. The van der Waals surface area contributed by atoms with Crippen molar-refractivity contribution in [3.63, 3.8) is 0 Å². The summed E-state index contributed by atoms with van der Waals surface area (Å²) >= 11 is 0. The summed E-state index contributed by atoms with van der Waals surface area (Å²) in [5.74, 6) is 2.15. The van der Waals surface area contributed by atoms with Crippen LogP contribution in [0.25, 0.3) is 0 Å². The van der Waals surface area contributed by atoms with Crippen molar-refractivity contribution in [2.24, 2.45) is 0 Å². The normalized spacial score (nSPS) is 21.7. The van der Waals surface area contributed by atoms with Gasteiger partial charge in [-0.25, -0.2) is 0 Å². The van der Waals surface area contributed by atoms with Crippen LogP contribution in [-0.2, 0) is 12.8 Å². The van der Waals surface area contributed by atoms with Crippen LogP contribution in [0, 0.1) is 6.92 Å². The molecule has 1 unspecified atom stereocenters. The first kappa shape index (κ1) is 8.00. The Morgan fingerprint density at radius 3 is 3.25 bits per heavy atom. The van der Waals surface area contributed by atoms with Gasteiger partial charge in [0, 0.05) is 0 Å². The molecule has 0 radical (unpaired) electrons. The Labute approximate surface area is 73.6 Å². The van der Waals surface area contributed by atoms with Gasteiger partial charge in [0.25, 0.3) is 0 Å². The number of aliphatic hydroxyl groups is 1. The zero-order valence-electron chi connectivity index (χ0n) is 7.38. The third kappa shape index (κ3) is 1.44. The van der Waals surface area contributed by atoms with E-state index in [1.807, 2.05) is 0 Å². The average Bonchev–Trinajstić information content (AvgIpc) is 2.03. The molecule has 62 valence electrons. The van der Waals surface area contributed by atoms with Gasteiger partial charge in [0.05, 0.1) is 0 Å². The van der Waals surface area contributed by atoms with Crippen molar-refractivity contribution in [2.75, 3.05) is 0 Å². The molecule has 0 spiro atoms. The van der Waals surface area contributed by atoms with E-state index in [9.17, 15) is 5.11 Å². The zero-order chi connectivity index (χ0) is 8.55. The Balaban J connectivity index is 2.37. The molecule has 0 saturated carbocycles. The van der Waals surface area contributed by atoms with E-state index in [2.05, 4.69) is 25.9 Å². The molecule has 0 amide bonds. The van der Waals surface area contributed by atoms with E-state index in [4.69, 9.17) is 0 Å². The second-order valence-corrected chi connectivity index (χ2v) is 3.67. The predicted molar refractivity (Wildman–Crippen MR) is 50.6 cm³/mol. The summed E-state index contributed by atoms with van der Waals surface area (Å²) in [7, 11) is 0. The Morgan fingerprint density at radius 2 is 2.42 bits per heavy atom. The molecule has 1 aliphatic rings. The summed E-state index contributed by atoms with van der Waals surface area (Å²) in [6.07, 6.45) is 2.70. The molecule has 1 aromatic rings. The molecule has 0 aromatic carbocycles. The van der Waals surface area contributed by atoms with Crippen molar-refractivity contribution in [1.29, 1.82) is 0 Å². The van der Waals surface area contributed by atoms with Gasteiger partial charge in [-0.15, -0.1) is 0 Å². The van der Waals surface area contributed by atoms with Crippen molar-refractivity contribution < 1.29 is 5.11 Å². The van der Waals surface area contributed by atoms with Crippen molar-refractivity contribution >= 4 is 6.91 Å².